The molecular formula is C12H25N3O2. The molecule has 0 aromatic rings. The fourth-order valence-electron chi connectivity index (χ4n) is 2.07. The maximum atomic E-state index is 12.1. The molecule has 0 unspecified atom stereocenters. The molecule has 5 heteroatoms. The summed E-state index contributed by atoms with van der Waals surface area (Å²) in [7, 11) is 4.06. The van der Waals surface area contributed by atoms with Crippen molar-refractivity contribution in [2.75, 3.05) is 46.9 Å². The molecule has 1 rings (SSSR count). The normalized spacial score (nSPS) is 19.3. The first-order valence-corrected chi connectivity index (χ1v) is 6.31. The standard InChI is InChI=1S/C12H25N3O2/c1-15(2)7-3-6-14-11(16)12(10-13)4-8-17-9-5-12/h3-10,13H2,1-2H3,(H,14,16). The highest BCUT2D eigenvalue weighted by Gasteiger charge is 2.38. The van der Waals surface area contributed by atoms with Crippen molar-refractivity contribution in [1.29, 1.82) is 0 Å². The van der Waals surface area contributed by atoms with Gasteiger partial charge >= 0.3 is 0 Å². The minimum absolute atomic E-state index is 0.0991. The van der Waals surface area contributed by atoms with Gasteiger partial charge in [-0.25, -0.2) is 0 Å². The predicted octanol–water partition coefficient (Wildman–Crippen LogP) is -0.190. The predicted molar refractivity (Wildman–Crippen MR) is 67.7 cm³/mol. The Kier molecular flexibility index (Phi) is 5.88. The van der Waals surface area contributed by atoms with E-state index < -0.39 is 5.41 Å². The van der Waals surface area contributed by atoms with Crippen LogP contribution in [0.25, 0.3) is 0 Å². The van der Waals surface area contributed by atoms with Crippen molar-refractivity contribution >= 4 is 5.91 Å². The maximum Gasteiger partial charge on any atom is 0.227 e. The highest BCUT2D eigenvalue weighted by atomic mass is 16.5. The van der Waals surface area contributed by atoms with Gasteiger partial charge in [0.05, 0.1) is 5.41 Å². The molecule has 3 N–H and O–H groups in total. The van der Waals surface area contributed by atoms with E-state index in [0.29, 0.717) is 19.8 Å². The SMILES string of the molecule is CN(C)CCCNC(=O)C1(CN)CCOCC1. The molecule has 17 heavy (non-hydrogen) atoms. The first kappa shape index (κ1) is 14.4. The quantitative estimate of drug-likeness (QED) is 0.635. The van der Waals surface area contributed by atoms with E-state index in [-0.39, 0.29) is 5.91 Å². The number of carbonyl (C=O) groups excluding carboxylic acids is 1. The second-order valence-electron chi connectivity index (χ2n) is 5.01. The molecule has 0 atom stereocenters. The third-order valence-corrected chi connectivity index (χ3v) is 3.39. The van der Waals surface area contributed by atoms with Gasteiger partial charge in [-0.2, -0.15) is 0 Å². The molecule has 0 radical (unpaired) electrons. The van der Waals surface area contributed by atoms with Gasteiger partial charge in [0.15, 0.2) is 0 Å². The van der Waals surface area contributed by atoms with Crippen molar-refractivity contribution in [2.45, 2.75) is 19.3 Å². The van der Waals surface area contributed by atoms with Crippen molar-refractivity contribution in [3.8, 4) is 0 Å². The van der Waals surface area contributed by atoms with Crippen LogP contribution in [-0.4, -0.2) is 57.8 Å². The van der Waals surface area contributed by atoms with Crippen molar-refractivity contribution < 1.29 is 9.53 Å². The van der Waals surface area contributed by atoms with Crippen LogP contribution in [0.1, 0.15) is 19.3 Å². The second-order valence-corrected chi connectivity index (χ2v) is 5.01. The molecule has 100 valence electrons. The molecule has 1 saturated heterocycles. The van der Waals surface area contributed by atoms with E-state index in [1.807, 2.05) is 14.1 Å². The highest BCUT2D eigenvalue weighted by Crippen LogP contribution is 2.29. The van der Waals surface area contributed by atoms with E-state index in [1.54, 1.807) is 0 Å². The summed E-state index contributed by atoms with van der Waals surface area (Å²) in [5.74, 6) is 0.0991. The van der Waals surface area contributed by atoms with Crippen LogP contribution in [0.15, 0.2) is 0 Å². The Labute approximate surface area is 104 Å². The van der Waals surface area contributed by atoms with Gasteiger partial charge < -0.3 is 20.7 Å². The summed E-state index contributed by atoms with van der Waals surface area (Å²) in [4.78, 5) is 14.2. The molecule has 0 saturated carbocycles. The van der Waals surface area contributed by atoms with Crippen molar-refractivity contribution in [2.24, 2.45) is 11.1 Å². The number of amides is 1. The molecule has 0 spiro atoms. The molecule has 1 aliphatic rings. The highest BCUT2D eigenvalue weighted by molar-refractivity contribution is 5.83. The van der Waals surface area contributed by atoms with Crippen LogP contribution in [0.2, 0.25) is 0 Å². The molecule has 0 aliphatic carbocycles. The van der Waals surface area contributed by atoms with Gasteiger partial charge in [0.2, 0.25) is 5.91 Å². The molecular weight excluding hydrogens is 218 g/mol. The Morgan fingerprint density at radius 3 is 2.59 bits per heavy atom. The summed E-state index contributed by atoms with van der Waals surface area (Å²) in [6.07, 6.45) is 2.45. The van der Waals surface area contributed by atoms with Gasteiger partial charge in [0, 0.05) is 26.3 Å². The Hall–Kier alpha value is -0.650. The number of hydrogen-bond acceptors (Lipinski definition) is 4. The fourth-order valence-corrected chi connectivity index (χ4v) is 2.07. The number of nitrogens with one attached hydrogen (secondary N) is 1. The van der Waals surface area contributed by atoms with Crippen molar-refractivity contribution in [1.82, 2.24) is 10.2 Å². The average molecular weight is 243 g/mol. The smallest absolute Gasteiger partial charge is 0.227 e. The monoisotopic (exact) mass is 243 g/mol. The molecule has 0 aromatic carbocycles. The van der Waals surface area contributed by atoms with Crippen LogP contribution in [-0.2, 0) is 9.53 Å². The second kappa shape index (κ2) is 6.93. The topological polar surface area (TPSA) is 67.6 Å². The van der Waals surface area contributed by atoms with Gasteiger partial charge in [0.1, 0.15) is 0 Å². The molecule has 1 fully saturated rings. The number of rotatable bonds is 6. The summed E-state index contributed by atoms with van der Waals surface area (Å²) in [5, 5.41) is 3.00. The van der Waals surface area contributed by atoms with Crippen LogP contribution in [0, 0.1) is 5.41 Å². The van der Waals surface area contributed by atoms with Gasteiger partial charge in [0.25, 0.3) is 0 Å². The van der Waals surface area contributed by atoms with Crippen LogP contribution < -0.4 is 11.1 Å². The Balaban J connectivity index is 2.33. The van der Waals surface area contributed by atoms with Crippen LogP contribution in [0.3, 0.4) is 0 Å². The van der Waals surface area contributed by atoms with Gasteiger partial charge in [-0.1, -0.05) is 0 Å². The summed E-state index contributed by atoms with van der Waals surface area (Å²) in [6.45, 7) is 3.40. The van der Waals surface area contributed by atoms with Gasteiger partial charge in [-0.15, -0.1) is 0 Å². The molecule has 5 nitrogen and oxygen atoms in total. The van der Waals surface area contributed by atoms with E-state index in [4.69, 9.17) is 10.5 Å². The lowest BCUT2D eigenvalue weighted by Gasteiger charge is -2.34. The molecule has 1 heterocycles. The lowest BCUT2D eigenvalue weighted by atomic mass is 9.79. The third kappa shape index (κ3) is 4.26. The zero-order valence-electron chi connectivity index (χ0n) is 11.0. The Bertz CT molecular complexity index is 238. The largest absolute Gasteiger partial charge is 0.381 e. The number of hydrogen-bond donors (Lipinski definition) is 2. The molecule has 0 aromatic heterocycles. The lowest BCUT2D eigenvalue weighted by Crippen LogP contribution is -2.49. The lowest BCUT2D eigenvalue weighted by molar-refractivity contribution is -0.135. The summed E-state index contributed by atoms with van der Waals surface area (Å²) < 4.78 is 5.29. The number of nitrogens with two attached hydrogens (primary N) is 1. The van der Waals surface area contributed by atoms with E-state index in [1.165, 1.54) is 0 Å². The Morgan fingerprint density at radius 1 is 1.41 bits per heavy atom. The first-order valence-electron chi connectivity index (χ1n) is 6.31. The van der Waals surface area contributed by atoms with E-state index in [0.717, 1.165) is 32.4 Å². The average Bonchev–Trinajstić information content (AvgIpc) is 2.35. The van der Waals surface area contributed by atoms with Crippen molar-refractivity contribution in [3.05, 3.63) is 0 Å². The fraction of sp³-hybridized carbons (Fsp3) is 0.917. The summed E-state index contributed by atoms with van der Waals surface area (Å²) >= 11 is 0. The first-order chi connectivity index (χ1) is 8.10. The zero-order valence-corrected chi connectivity index (χ0v) is 11.0. The molecule has 0 bridgehead atoms. The summed E-state index contributed by atoms with van der Waals surface area (Å²) in [5.41, 5.74) is 5.37. The van der Waals surface area contributed by atoms with E-state index in [9.17, 15) is 4.79 Å². The van der Waals surface area contributed by atoms with Gasteiger partial charge in [-0.3, -0.25) is 4.79 Å². The maximum absolute atomic E-state index is 12.1. The molecule has 1 aliphatic heterocycles. The minimum Gasteiger partial charge on any atom is -0.381 e. The van der Waals surface area contributed by atoms with E-state index in [2.05, 4.69) is 10.2 Å². The van der Waals surface area contributed by atoms with Crippen LogP contribution in [0.4, 0.5) is 0 Å². The number of ether oxygens (including phenoxy) is 1. The van der Waals surface area contributed by atoms with Crippen molar-refractivity contribution in [3.63, 3.8) is 0 Å². The third-order valence-electron chi connectivity index (χ3n) is 3.39. The van der Waals surface area contributed by atoms with E-state index >= 15 is 0 Å². The Morgan fingerprint density at radius 2 is 2.06 bits per heavy atom. The number of nitrogens with zero attached hydrogens (tertiary/aromatic N) is 1. The van der Waals surface area contributed by atoms with Crippen LogP contribution in [0.5, 0.6) is 0 Å². The zero-order chi connectivity index (χ0) is 12.7. The summed E-state index contributed by atoms with van der Waals surface area (Å²) in [6, 6.07) is 0. The number of carbonyl (C=O) groups is 1. The minimum atomic E-state index is -0.392. The van der Waals surface area contributed by atoms with Gasteiger partial charge in [-0.05, 0) is 39.9 Å². The van der Waals surface area contributed by atoms with Crippen LogP contribution >= 0.6 is 0 Å². The molecule has 1 amide bonds.